The Morgan fingerprint density at radius 2 is 2.11 bits per heavy atom. The second kappa shape index (κ2) is 5.13. The number of carbonyl (C=O) groups is 1. The van der Waals surface area contributed by atoms with Gasteiger partial charge < -0.3 is 0 Å². The molecule has 0 saturated carbocycles. The minimum absolute atomic E-state index is 0.0206. The first-order valence-corrected chi connectivity index (χ1v) is 6.33. The third kappa shape index (κ3) is 2.54. The Hall–Kier alpha value is -1.68. The number of aryl methyl sites for hydroxylation is 1. The first-order valence-electron chi connectivity index (χ1n) is 5.95. The van der Waals surface area contributed by atoms with Crippen LogP contribution in [0.1, 0.15) is 41.5 Å². The maximum Gasteiger partial charge on any atom is 0.212 e. The van der Waals surface area contributed by atoms with Crippen molar-refractivity contribution < 1.29 is 9.18 Å². The van der Waals surface area contributed by atoms with E-state index < -0.39 is 0 Å². The molecule has 0 aliphatic heterocycles. The Labute approximate surface area is 116 Å². The Balaban J connectivity index is 2.53. The lowest BCUT2D eigenvalue weighted by molar-refractivity contribution is 0.102. The van der Waals surface area contributed by atoms with E-state index in [0.717, 1.165) is 0 Å². The van der Waals surface area contributed by atoms with Gasteiger partial charge in [0.1, 0.15) is 11.5 Å². The maximum absolute atomic E-state index is 13.1. The van der Waals surface area contributed by atoms with Crippen molar-refractivity contribution in [2.45, 2.75) is 26.8 Å². The van der Waals surface area contributed by atoms with Gasteiger partial charge in [0.25, 0.3) is 0 Å². The fourth-order valence-corrected chi connectivity index (χ4v) is 2.17. The van der Waals surface area contributed by atoms with E-state index in [4.69, 9.17) is 11.6 Å². The van der Waals surface area contributed by atoms with Crippen LogP contribution < -0.4 is 0 Å². The van der Waals surface area contributed by atoms with Crippen LogP contribution in [0.5, 0.6) is 0 Å². The molecule has 3 nitrogen and oxygen atoms in total. The monoisotopic (exact) mass is 280 g/mol. The minimum atomic E-state index is -0.363. The van der Waals surface area contributed by atoms with Gasteiger partial charge in [0.2, 0.25) is 5.78 Å². The van der Waals surface area contributed by atoms with Crippen LogP contribution in [-0.2, 0) is 0 Å². The summed E-state index contributed by atoms with van der Waals surface area (Å²) in [6.45, 7) is 5.52. The standard InChI is InChI=1S/C14H14ClFN2O/c1-8(2)18-13(12(15)7-17-18)14(19)11-5-4-10(16)6-9(11)3/h4-8H,1-3H3. The van der Waals surface area contributed by atoms with Crippen LogP contribution in [0.4, 0.5) is 4.39 Å². The number of halogens is 2. The molecule has 0 spiro atoms. The lowest BCUT2D eigenvalue weighted by atomic mass is 10.0. The number of ketones is 1. The highest BCUT2D eigenvalue weighted by Gasteiger charge is 2.22. The third-order valence-corrected chi connectivity index (χ3v) is 3.16. The summed E-state index contributed by atoms with van der Waals surface area (Å²) >= 11 is 6.04. The van der Waals surface area contributed by atoms with E-state index in [1.165, 1.54) is 24.4 Å². The minimum Gasteiger partial charge on any atom is -0.287 e. The van der Waals surface area contributed by atoms with Crippen LogP contribution in [0.25, 0.3) is 0 Å². The summed E-state index contributed by atoms with van der Waals surface area (Å²) in [5.41, 5.74) is 1.36. The first kappa shape index (κ1) is 13.7. The normalized spacial score (nSPS) is 11.1. The molecule has 0 amide bonds. The zero-order valence-electron chi connectivity index (χ0n) is 10.9. The molecule has 0 radical (unpaired) electrons. The number of hydrogen-bond acceptors (Lipinski definition) is 2. The van der Waals surface area contributed by atoms with Crippen LogP contribution in [0.3, 0.4) is 0 Å². The summed E-state index contributed by atoms with van der Waals surface area (Å²) in [5, 5.41) is 4.41. The molecule has 0 unspecified atom stereocenters. The molecule has 0 aliphatic rings. The molecule has 19 heavy (non-hydrogen) atoms. The predicted molar refractivity (Wildman–Crippen MR) is 72.2 cm³/mol. The highest BCUT2D eigenvalue weighted by molar-refractivity contribution is 6.34. The van der Waals surface area contributed by atoms with Gasteiger partial charge in [-0.05, 0) is 44.5 Å². The molecule has 1 aromatic carbocycles. The third-order valence-electron chi connectivity index (χ3n) is 2.89. The van der Waals surface area contributed by atoms with Gasteiger partial charge in [-0.3, -0.25) is 9.48 Å². The Bertz CT molecular complexity index is 634. The SMILES string of the molecule is Cc1cc(F)ccc1C(=O)c1c(Cl)cnn1C(C)C. The molecule has 0 saturated heterocycles. The van der Waals surface area contributed by atoms with Crippen molar-refractivity contribution in [1.29, 1.82) is 0 Å². The fourth-order valence-electron chi connectivity index (χ4n) is 1.95. The van der Waals surface area contributed by atoms with E-state index in [2.05, 4.69) is 5.10 Å². The summed E-state index contributed by atoms with van der Waals surface area (Å²) in [6.07, 6.45) is 1.45. The van der Waals surface area contributed by atoms with E-state index in [0.29, 0.717) is 21.8 Å². The van der Waals surface area contributed by atoms with E-state index in [1.807, 2.05) is 13.8 Å². The van der Waals surface area contributed by atoms with Crippen molar-refractivity contribution in [2.24, 2.45) is 0 Å². The van der Waals surface area contributed by atoms with Gasteiger partial charge in [-0.2, -0.15) is 5.10 Å². The average Bonchev–Trinajstić information content (AvgIpc) is 2.70. The van der Waals surface area contributed by atoms with Gasteiger partial charge in [-0.25, -0.2) is 4.39 Å². The number of benzene rings is 1. The molecule has 1 heterocycles. The first-order chi connectivity index (χ1) is 8.91. The molecule has 0 bridgehead atoms. The van der Waals surface area contributed by atoms with Gasteiger partial charge >= 0.3 is 0 Å². The lowest BCUT2D eigenvalue weighted by Gasteiger charge is -2.11. The Morgan fingerprint density at radius 3 is 2.68 bits per heavy atom. The number of carbonyl (C=O) groups excluding carboxylic acids is 1. The molecule has 0 aliphatic carbocycles. The van der Waals surface area contributed by atoms with Gasteiger partial charge in [-0.1, -0.05) is 11.6 Å². The molecule has 0 atom stereocenters. The van der Waals surface area contributed by atoms with Crippen molar-refractivity contribution in [3.8, 4) is 0 Å². The van der Waals surface area contributed by atoms with Crippen LogP contribution >= 0.6 is 11.6 Å². The van der Waals surface area contributed by atoms with Crippen molar-refractivity contribution in [3.05, 3.63) is 52.1 Å². The summed E-state index contributed by atoms with van der Waals surface area (Å²) in [5.74, 6) is -0.605. The summed E-state index contributed by atoms with van der Waals surface area (Å²) in [6, 6.07) is 4.09. The fraction of sp³-hybridized carbons (Fsp3) is 0.286. The van der Waals surface area contributed by atoms with Crippen LogP contribution in [0.2, 0.25) is 5.02 Å². The second-order valence-electron chi connectivity index (χ2n) is 4.67. The highest BCUT2D eigenvalue weighted by Crippen LogP contribution is 2.23. The number of rotatable bonds is 3. The van der Waals surface area contributed by atoms with Crippen LogP contribution in [0, 0.1) is 12.7 Å². The van der Waals surface area contributed by atoms with Crippen molar-refractivity contribution >= 4 is 17.4 Å². The Kier molecular flexibility index (Phi) is 3.71. The summed E-state index contributed by atoms with van der Waals surface area (Å²) in [7, 11) is 0. The Morgan fingerprint density at radius 1 is 1.42 bits per heavy atom. The van der Waals surface area contributed by atoms with Gasteiger partial charge in [0.05, 0.1) is 11.2 Å². The smallest absolute Gasteiger partial charge is 0.212 e. The van der Waals surface area contributed by atoms with E-state index in [-0.39, 0.29) is 17.6 Å². The van der Waals surface area contributed by atoms with E-state index >= 15 is 0 Å². The maximum atomic E-state index is 13.1. The topological polar surface area (TPSA) is 34.9 Å². The summed E-state index contributed by atoms with van der Waals surface area (Å²) < 4.78 is 14.7. The zero-order valence-corrected chi connectivity index (χ0v) is 11.7. The molecular formula is C14H14ClFN2O. The van der Waals surface area contributed by atoms with E-state index in [1.54, 1.807) is 11.6 Å². The van der Waals surface area contributed by atoms with Crippen molar-refractivity contribution in [3.63, 3.8) is 0 Å². The molecule has 5 heteroatoms. The van der Waals surface area contributed by atoms with E-state index in [9.17, 15) is 9.18 Å². The molecule has 2 rings (SSSR count). The molecule has 2 aromatic rings. The van der Waals surface area contributed by atoms with Gasteiger partial charge in [0, 0.05) is 11.6 Å². The molecule has 0 N–H and O–H groups in total. The quantitative estimate of drug-likeness (QED) is 0.802. The van der Waals surface area contributed by atoms with Crippen molar-refractivity contribution in [2.75, 3.05) is 0 Å². The lowest BCUT2D eigenvalue weighted by Crippen LogP contribution is -2.14. The molecular weight excluding hydrogens is 267 g/mol. The van der Waals surface area contributed by atoms with Gasteiger partial charge in [0.15, 0.2) is 0 Å². The second-order valence-corrected chi connectivity index (χ2v) is 5.07. The number of aromatic nitrogens is 2. The number of hydrogen-bond donors (Lipinski definition) is 0. The largest absolute Gasteiger partial charge is 0.287 e. The predicted octanol–water partition coefficient (Wildman–Crippen LogP) is 3.80. The zero-order chi connectivity index (χ0) is 14.2. The van der Waals surface area contributed by atoms with Crippen molar-refractivity contribution in [1.82, 2.24) is 9.78 Å². The number of nitrogens with zero attached hydrogens (tertiary/aromatic N) is 2. The average molecular weight is 281 g/mol. The van der Waals surface area contributed by atoms with Crippen LogP contribution in [-0.4, -0.2) is 15.6 Å². The van der Waals surface area contributed by atoms with Gasteiger partial charge in [-0.15, -0.1) is 0 Å². The highest BCUT2D eigenvalue weighted by atomic mass is 35.5. The molecule has 1 aromatic heterocycles. The molecule has 0 fully saturated rings. The van der Waals surface area contributed by atoms with Crippen LogP contribution in [0.15, 0.2) is 24.4 Å². The molecule has 100 valence electrons. The summed E-state index contributed by atoms with van der Waals surface area (Å²) in [4.78, 5) is 12.5.